The Hall–Kier alpha value is -1.38. The SMILES string of the molecule is C[C@]12C=C(O)C(=O)C=C1CC[C@@H]1[C@@H]2CC[C@]2(C)C(=O)CC[C@@H]12. The molecule has 1 N–H and O–H groups in total. The van der Waals surface area contributed by atoms with Crippen LogP contribution in [0.4, 0.5) is 0 Å². The largest absolute Gasteiger partial charge is 0.504 e. The van der Waals surface area contributed by atoms with Crippen molar-refractivity contribution >= 4 is 11.6 Å². The van der Waals surface area contributed by atoms with Crippen LogP contribution in [0.5, 0.6) is 0 Å². The molecular weight excluding hydrogens is 276 g/mol. The Morgan fingerprint density at radius 2 is 1.86 bits per heavy atom. The molecule has 118 valence electrons. The van der Waals surface area contributed by atoms with E-state index in [0.717, 1.165) is 38.5 Å². The Morgan fingerprint density at radius 3 is 2.64 bits per heavy atom. The van der Waals surface area contributed by atoms with Crippen LogP contribution in [0.3, 0.4) is 0 Å². The first kappa shape index (κ1) is 14.2. The number of Topliss-reactive ketones (excluding diaryl/α,β-unsaturated/α-hetero) is 1. The average Bonchev–Trinajstić information content (AvgIpc) is 2.77. The fourth-order valence-corrected chi connectivity index (χ4v) is 6.05. The van der Waals surface area contributed by atoms with Crippen LogP contribution in [-0.2, 0) is 9.59 Å². The molecule has 0 spiro atoms. The maximum atomic E-state index is 12.4. The highest BCUT2D eigenvalue weighted by atomic mass is 16.3. The smallest absolute Gasteiger partial charge is 0.219 e. The summed E-state index contributed by atoms with van der Waals surface area (Å²) in [6.07, 6.45) is 9.23. The van der Waals surface area contributed by atoms with E-state index < -0.39 is 0 Å². The molecule has 0 heterocycles. The van der Waals surface area contributed by atoms with E-state index in [4.69, 9.17) is 0 Å². The summed E-state index contributed by atoms with van der Waals surface area (Å²) in [6, 6.07) is 0. The van der Waals surface area contributed by atoms with Crippen molar-refractivity contribution in [2.75, 3.05) is 0 Å². The fraction of sp³-hybridized carbons (Fsp3) is 0.684. The molecule has 0 aromatic rings. The first-order valence-corrected chi connectivity index (χ1v) is 8.57. The quantitative estimate of drug-likeness (QED) is 0.741. The lowest BCUT2D eigenvalue weighted by Gasteiger charge is -2.55. The second kappa shape index (κ2) is 4.33. The number of hydrogen-bond acceptors (Lipinski definition) is 3. The zero-order valence-corrected chi connectivity index (χ0v) is 13.4. The van der Waals surface area contributed by atoms with E-state index in [0.29, 0.717) is 23.5 Å². The minimum atomic E-state index is -0.248. The van der Waals surface area contributed by atoms with E-state index in [1.807, 2.05) is 0 Å². The fourth-order valence-electron chi connectivity index (χ4n) is 6.05. The molecule has 3 saturated carbocycles. The van der Waals surface area contributed by atoms with Gasteiger partial charge in [0.15, 0.2) is 5.76 Å². The zero-order valence-electron chi connectivity index (χ0n) is 13.4. The third kappa shape index (κ3) is 1.63. The maximum Gasteiger partial charge on any atom is 0.219 e. The molecule has 22 heavy (non-hydrogen) atoms. The number of aliphatic hydroxyl groups excluding tert-OH is 1. The highest BCUT2D eigenvalue weighted by Crippen LogP contribution is 2.63. The van der Waals surface area contributed by atoms with Gasteiger partial charge >= 0.3 is 0 Å². The van der Waals surface area contributed by atoms with Crippen molar-refractivity contribution in [1.29, 1.82) is 0 Å². The Bertz CT molecular complexity index is 629. The summed E-state index contributed by atoms with van der Waals surface area (Å²) in [4.78, 5) is 24.1. The molecule has 0 radical (unpaired) electrons. The number of hydrogen-bond donors (Lipinski definition) is 1. The summed E-state index contributed by atoms with van der Waals surface area (Å²) in [5.74, 6) is 1.60. The van der Waals surface area contributed by atoms with Crippen LogP contribution in [-0.4, -0.2) is 16.7 Å². The van der Waals surface area contributed by atoms with Crippen molar-refractivity contribution in [3.63, 3.8) is 0 Å². The van der Waals surface area contributed by atoms with E-state index in [2.05, 4.69) is 13.8 Å². The van der Waals surface area contributed by atoms with Crippen LogP contribution in [0.2, 0.25) is 0 Å². The summed E-state index contributed by atoms with van der Waals surface area (Å²) in [6.45, 7) is 4.35. The Kier molecular flexibility index (Phi) is 2.80. The molecule has 0 amide bonds. The van der Waals surface area contributed by atoms with Crippen LogP contribution in [0.1, 0.15) is 52.4 Å². The van der Waals surface area contributed by atoms with E-state index >= 15 is 0 Å². The molecule has 3 nitrogen and oxygen atoms in total. The molecule has 0 unspecified atom stereocenters. The third-order valence-electron chi connectivity index (χ3n) is 7.35. The molecule has 5 atom stereocenters. The molecule has 4 rings (SSSR count). The number of ketones is 2. The van der Waals surface area contributed by atoms with Crippen LogP contribution in [0.25, 0.3) is 0 Å². The Balaban J connectivity index is 1.74. The predicted octanol–water partition coefficient (Wildman–Crippen LogP) is 3.75. The Labute approximate surface area is 131 Å². The minimum absolute atomic E-state index is 0.0947. The van der Waals surface area contributed by atoms with Crippen LogP contribution in [0, 0.1) is 28.6 Å². The van der Waals surface area contributed by atoms with E-state index in [1.54, 1.807) is 12.2 Å². The molecule has 3 fully saturated rings. The van der Waals surface area contributed by atoms with Gasteiger partial charge in [-0.3, -0.25) is 9.59 Å². The number of fused-ring (bicyclic) bond motifs is 5. The van der Waals surface area contributed by atoms with Crippen molar-refractivity contribution in [3.8, 4) is 0 Å². The predicted molar refractivity (Wildman–Crippen MR) is 83.2 cm³/mol. The molecule has 4 aliphatic carbocycles. The van der Waals surface area contributed by atoms with Crippen LogP contribution >= 0.6 is 0 Å². The van der Waals surface area contributed by atoms with Gasteiger partial charge in [0.05, 0.1) is 0 Å². The number of rotatable bonds is 0. The highest BCUT2D eigenvalue weighted by molar-refractivity contribution is 6.04. The average molecular weight is 300 g/mol. The lowest BCUT2D eigenvalue weighted by Crippen LogP contribution is -2.50. The van der Waals surface area contributed by atoms with Crippen molar-refractivity contribution in [1.82, 2.24) is 0 Å². The van der Waals surface area contributed by atoms with Gasteiger partial charge < -0.3 is 5.11 Å². The second-order valence-electron chi connectivity index (χ2n) is 8.18. The van der Waals surface area contributed by atoms with Gasteiger partial charge in [-0.2, -0.15) is 0 Å². The summed E-state index contributed by atoms with van der Waals surface area (Å²) in [5.41, 5.74) is 0.868. The topological polar surface area (TPSA) is 54.4 Å². The minimum Gasteiger partial charge on any atom is -0.504 e. The lowest BCUT2D eigenvalue weighted by molar-refractivity contribution is -0.131. The number of aliphatic hydroxyl groups is 1. The summed E-state index contributed by atoms with van der Waals surface area (Å²) >= 11 is 0. The molecule has 0 aliphatic heterocycles. The van der Waals surface area contributed by atoms with Gasteiger partial charge in [0.1, 0.15) is 5.78 Å². The Morgan fingerprint density at radius 1 is 1.09 bits per heavy atom. The summed E-state index contributed by atoms with van der Waals surface area (Å²) < 4.78 is 0. The summed E-state index contributed by atoms with van der Waals surface area (Å²) in [5, 5.41) is 9.97. The van der Waals surface area contributed by atoms with Crippen LogP contribution < -0.4 is 0 Å². The molecule has 4 aliphatic rings. The van der Waals surface area contributed by atoms with Gasteiger partial charge in [0, 0.05) is 17.3 Å². The molecule has 0 bridgehead atoms. The van der Waals surface area contributed by atoms with Gasteiger partial charge in [-0.1, -0.05) is 19.4 Å². The van der Waals surface area contributed by atoms with E-state index in [9.17, 15) is 14.7 Å². The van der Waals surface area contributed by atoms with E-state index in [-0.39, 0.29) is 22.4 Å². The zero-order chi connectivity index (χ0) is 15.7. The molecular formula is C19H24O3. The number of carbonyl (C=O) groups is 2. The second-order valence-corrected chi connectivity index (χ2v) is 8.18. The lowest BCUT2D eigenvalue weighted by atomic mass is 9.48. The van der Waals surface area contributed by atoms with E-state index in [1.165, 1.54) is 5.57 Å². The standard InChI is InChI=1S/C19H24O3/c1-18-8-7-14-12(13(18)5-6-17(18)22)4-3-11-9-15(20)16(21)10-19(11,14)2/h9-10,12-14,21H,3-8H2,1-2H3/t12-,13-,14-,18-,19-/m0/s1. The van der Waals surface area contributed by atoms with Crippen molar-refractivity contribution in [2.45, 2.75) is 52.4 Å². The van der Waals surface area contributed by atoms with Crippen molar-refractivity contribution in [3.05, 3.63) is 23.5 Å². The molecule has 3 heteroatoms. The first-order valence-electron chi connectivity index (χ1n) is 8.57. The van der Waals surface area contributed by atoms with Crippen LogP contribution in [0.15, 0.2) is 23.5 Å². The normalized spacial score (nSPS) is 47.3. The highest BCUT2D eigenvalue weighted by Gasteiger charge is 2.58. The van der Waals surface area contributed by atoms with Gasteiger partial charge in [0.2, 0.25) is 5.78 Å². The third-order valence-corrected chi connectivity index (χ3v) is 7.35. The van der Waals surface area contributed by atoms with Gasteiger partial charge in [0.25, 0.3) is 0 Å². The first-order chi connectivity index (χ1) is 10.4. The molecule has 0 aromatic heterocycles. The molecule has 0 aromatic carbocycles. The van der Waals surface area contributed by atoms with Crippen molar-refractivity contribution in [2.24, 2.45) is 28.6 Å². The van der Waals surface area contributed by atoms with Gasteiger partial charge in [-0.15, -0.1) is 0 Å². The monoisotopic (exact) mass is 300 g/mol. The summed E-state index contributed by atoms with van der Waals surface area (Å²) in [7, 11) is 0. The number of carbonyl (C=O) groups excluding carboxylic acids is 2. The van der Waals surface area contributed by atoms with Gasteiger partial charge in [-0.25, -0.2) is 0 Å². The van der Waals surface area contributed by atoms with Crippen molar-refractivity contribution < 1.29 is 14.7 Å². The van der Waals surface area contributed by atoms with Gasteiger partial charge in [-0.05, 0) is 62.0 Å². The number of allylic oxidation sites excluding steroid dienone is 3. The maximum absolute atomic E-state index is 12.4. The molecule has 0 saturated heterocycles.